The number of amides is 2. The number of alkyl halides is 1. The zero-order valence-corrected chi connectivity index (χ0v) is 12.3. The van der Waals surface area contributed by atoms with E-state index >= 15 is 0 Å². The molecule has 4 nitrogen and oxygen atoms in total. The van der Waals surface area contributed by atoms with Crippen molar-refractivity contribution in [3.8, 4) is 0 Å². The fraction of sp³-hybridized carbons (Fsp3) is 0.467. The van der Waals surface area contributed by atoms with Crippen molar-refractivity contribution in [2.45, 2.75) is 31.7 Å². The Morgan fingerprint density at radius 3 is 2.65 bits per heavy atom. The van der Waals surface area contributed by atoms with Crippen LogP contribution >= 0.6 is 11.6 Å². The molecule has 1 saturated heterocycles. The van der Waals surface area contributed by atoms with Gasteiger partial charge in [0, 0.05) is 37.5 Å². The lowest BCUT2D eigenvalue weighted by atomic mass is 10.0. The molecule has 1 aliphatic rings. The Labute approximate surface area is 124 Å². The average Bonchev–Trinajstić information content (AvgIpc) is 2.47. The molecule has 0 atom stereocenters. The van der Waals surface area contributed by atoms with Gasteiger partial charge in [0.1, 0.15) is 0 Å². The first-order valence-electron chi connectivity index (χ1n) is 6.81. The Kier molecular flexibility index (Phi) is 5.01. The molecule has 1 N–H and O–H groups in total. The Bertz CT molecular complexity index is 496. The summed E-state index contributed by atoms with van der Waals surface area (Å²) in [6, 6.07) is 7.61. The summed E-state index contributed by atoms with van der Waals surface area (Å²) in [6.07, 6.45) is 1.61. The van der Waals surface area contributed by atoms with Crippen molar-refractivity contribution in [1.82, 2.24) is 10.2 Å². The van der Waals surface area contributed by atoms with Gasteiger partial charge in [-0.2, -0.15) is 0 Å². The monoisotopic (exact) mass is 294 g/mol. The largest absolute Gasteiger partial charge is 0.353 e. The Morgan fingerprint density at radius 2 is 2.05 bits per heavy atom. The Balaban J connectivity index is 1.96. The third-order valence-electron chi connectivity index (χ3n) is 3.52. The van der Waals surface area contributed by atoms with Gasteiger partial charge >= 0.3 is 0 Å². The molecule has 108 valence electrons. The first-order chi connectivity index (χ1) is 9.60. The molecule has 1 fully saturated rings. The second-order valence-corrected chi connectivity index (χ2v) is 5.37. The van der Waals surface area contributed by atoms with Crippen LogP contribution in [0.1, 0.15) is 35.7 Å². The SMILES string of the molecule is CC(=O)NC1CCN(C(=O)c2cccc(CCl)c2)CC1. The van der Waals surface area contributed by atoms with Crippen LogP contribution in [-0.4, -0.2) is 35.8 Å². The number of carbonyl (C=O) groups is 2. The first kappa shape index (κ1) is 14.9. The number of hydrogen-bond acceptors (Lipinski definition) is 2. The molecule has 0 spiro atoms. The van der Waals surface area contributed by atoms with E-state index in [-0.39, 0.29) is 17.9 Å². The van der Waals surface area contributed by atoms with Gasteiger partial charge in [-0.1, -0.05) is 12.1 Å². The van der Waals surface area contributed by atoms with Gasteiger partial charge in [0.2, 0.25) is 5.91 Å². The summed E-state index contributed by atoms with van der Waals surface area (Å²) in [5.41, 5.74) is 1.63. The maximum atomic E-state index is 12.4. The molecule has 1 aliphatic heterocycles. The molecular weight excluding hydrogens is 276 g/mol. The Morgan fingerprint density at radius 1 is 1.35 bits per heavy atom. The van der Waals surface area contributed by atoms with Crippen LogP contribution < -0.4 is 5.32 Å². The molecule has 0 saturated carbocycles. The predicted molar refractivity (Wildman–Crippen MR) is 78.7 cm³/mol. The van der Waals surface area contributed by atoms with Gasteiger partial charge in [0.05, 0.1) is 0 Å². The second kappa shape index (κ2) is 6.75. The van der Waals surface area contributed by atoms with E-state index in [4.69, 9.17) is 11.6 Å². The normalized spacial score (nSPS) is 16.0. The molecule has 20 heavy (non-hydrogen) atoms. The van der Waals surface area contributed by atoms with Crippen molar-refractivity contribution in [3.05, 3.63) is 35.4 Å². The number of benzene rings is 1. The van der Waals surface area contributed by atoms with Crippen LogP contribution in [0.25, 0.3) is 0 Å². The van der Waals surface area contributed by atoms with Crippen LogP contribution in [0.2, 0.25) is 0 Å². The number of piperidine rings is 1. The van der Waals surface area contributed by atoms with Gasteiger partial charge in [-0.15, -0.1) is 11.6 Å². The molecule has 2 rings (SSSR count). The number of likely N-dealkylation sites (tertiary alicyclic amines) is 1. The Hall–Kier alpha value is -1.55. The van der Waals surface area contributed by atoms with Gasteiger partial charge < -0.3 is 10.2 Å². The van der Waals surface area contributed by atoms with Crippen LogP contribution in [0.15, 0.2) is 24.3 Å². The number of nitrogens with one attached hydrogen (secondary N) is 1. The zero-order valence-electron chi connectivity index (χ0n) is 11.6. The summed E-state index contributed by atoms with van der Waals surface area (Å²) < 4.78 is 0. The van der Waals surface area contributed by atoms with Gasteiger partial charge in [0.25, 0.3) is 5.91 Å². The van der Waals surface area contributed by atoms with Gasteiger partial charge in [-0.25, -0.2) is 0 Å². The van der Waals surface area contributed by atoms with E-state index in [0.717, 1.165) is 18.4 Å². The summed E-state index contributed by atoms with van der Waals surface area (Å²) in [4.78, 5) is 25.2. The maximum absolute atomic E-state index is 12.4. The number of halogens is 1. The second-order valence-electron chi connectivity index (χ2n) is 5.10. The van der Waals surface area contributed by atoms with Crippen LogP contribution in [0, 0.1) is 0 Å². The highest BCUT2D eigenvalue weighted by atomic mass is 35.5. The fourth-order valence-electron chi connectivity index (χ4n) is 2.48. The number of rotatable bonds is 3. The van der Waals surface area contributed by atoms with Gasteiger partial charge in [0.15, 0.2) is 0 Å². The standard InChI is InChI=1S/C15H19ClN2O2/c1-11(19)17-14-5-7-18(8-6-14)15(20)13-4-2-3-12(9-13)10-16/h2-4,9,14H,5-8,10H2,1H3,(H,17,19). The molecule has 0 bridgehead atoms. The van der Waals surface area contributed by atoms with Crippen molar-refractivity contribution >= 4 is 23.4 Å². The van der Waals surface area contributed by atoms with E-state index in [1.807, 2.05) is 29.2 Å². The summed E-state index contributed by atoms with van der Waals surface area (Å²) >= 11 is 5.79. The summed E-state index contributed by atoms with van der Waals surface area (Å²) in [7, 11) is 0. The quantitative estimate of drug-likeness (QED) is 0.869. The predicted octanol–water partition coefficient (Wildman–Crippen LogP) is 2.17. The minimum atomic E-state index is -0.00964. The van der Waals surface area contributed by atoms with Crippen LogP contribution in [0.3, 0.4) is 0 Å². The molecule has 0 aliphatic carbocycles. The first-order valence-corrected chi connectivity index (χ1v) is 7.35. The van der Waals surface area contributed by atoms with Crippen LogP contribution in [0.5, 0.6) is 0 Å². The molecule has 0 aromatic heterocycles. The highest BCUT2D eigenvalue weighted by Gasteiger charge is 2.23. The van der Waals surface area contributed by atoms with Gasteiger partial charge in [-0.05, 0) is 30.5 Å². The summed E-state index contributed by atoms with van der Waals surface area (Å²) in [5, 5.41) is 2.90. The molecule has 1 heterocycles. The topological polar surface area (TPSA) is 49.4 Å². The number of carbonyl (C=O) groups excluding carboxylic acids is 2. The fourth-order valence-corrected chi connectivity index (χ4v) is 2.65. The maximum Gasteiger partial charge on any atom is 0.253 e. The molecule has 0 unspecified atom stereocenters. The lowest BCUT2D eigenvalue weighted by Gasteiger charge is -2.32. The number of hydrogen-bond donors (Lipinski definition) is 1. The third kappa shape index (κ3) is 3.73. The highest BCUT2D eigenvalue weighted by Crippen LogP contribution is 2.15. The van der Waals surface area contributed by atoms with Crippen molar-refractivity contribution in [2.24, 2.45) is 0 Å². The van der Waals surface area contributed by atoms with Crippen LogP contribution in [0.4, 0.5) is 0 Å². The molecule has 2 amide bonds. The molecular formula is C15H19ClN2O2. The number of nitrogens with zero attached hydrogens (tertiary/aromatic N) is 1. The van der Waals surface area contributed by atoms with Crippen molar-refractivity contribution in [2.75, 3.05) is 13.1 Å². The molecule has 1 aromatic carbocycles. The molecule has 1 aromatic rings. The van der Waals surface area contributed by atoms with E-state index < -0.39 is 0 Å². The smallest absolute Gasteiger partial charge is 0.253 e. The third-order valence-corrected chi connectivity index (χ3v) is 3.83. The van der Waals surface area contributed by atoms with E-state index in [9.17, 15) is 9.59 Å². The van der Waals surface area contributed by atoms with Crippen LogP contribution in [-0.2, 0) is 10.7 Å². The lowest BCUT2D eigenvalue weighted by molar-refractivity contribution is -0.119. The average molecular weight is 295 g/mol. The van der Waals surface area contributed by atoms with Gasteiger partial charge in [-0.3, -0.25) is 9.59 Å². The van der Waals surface area contributed by atoms with Crippen molar-refractivity contribution in [1.29, 1.82) is 0 Å². The highest BCUT2D eigenvalue weighted by molar-refractivity contribution is 6.17. The van der Waals surface area contributed by atoms with Crippen molar-refractivity contribution < 1.29 is 9.59 Å². The van der Waals surface area contributed by atoms with Crippen molar-refractivity contribution in [3.63, 3.8) is 0 Å². The van der Waals surface area contributed by atoms with E-state index in [0.29, 0.717) is 24.5 Å². The van der Waals surface area contributed by atoms with E-state index in [2.05, 4.69) is 5.32 Å². The molecule has 5 heteroatoms. The summed E-state index contributed by atoms with van der Waals surface area (Å²) in [6.45, 7) is 2.87. The minimum absolute atomic E-state index is 0.00964. The zero-order chi connectivity index (χ0) is 14.5. The van der Waals surface area contributed by atoms with E-state index in [1.165, 1.54) is 6.92 Å². The minimum Gasteiger partial charge on any atom is -0.353 e. The lowest BCUT2D eigenvalue weighted by Crippen LogP contribution is -2.46. The summed E-state index contributed by atoms with van der Waals surface area (Å²) in [5.74, 6) is 0.439. The molecule has 0 radical (unpaired) electrons. The van der Waals surface area contributed by atoms with E-state index in [1.54, 1.807) is 0 Å².